The molecular formula is C15H15N3O2. The van der Waals surface area contributed by atoms with Crippen LogP contribution in [0.2, 0.25) is 0 Å². The molecule has 0 aliphatic carbocycles. The maximum absolute atomic E-state index is 6.19. The van der Waals surface area contributed by atoms with Gasteiger partial charge in [-0.1, -0.05) is 12.1 Å². The monoisotopic (exact) mass is 269 g/mol. The first kappa shape index (κ1) is 12.3. The van der Waals surface area contributed by atoms with Gasteiger partial charge in [0, 0.05) is 11.8 Å². The number of anilines is 1. The third-order valence-corrected chi connectivity index (χ3v) is 3.21. The van der Waals surface area contributed by atoms with E-state index < -0.39 is 0 Å². The number of nitrogens with two attached hydrogens (primary N) is 1. The topological polar surface area (TPSA) is 61.8 Å². The molecule has 0 aliphatic heterocycles. The summed E-state index contributed by atoms with van der Waals surface area (Å²) in [4.78, 5) is 4.59. The van der Waals surface area contributed by atoms with Crippen molar-refractivity contribution in [1.82, 2.24) is 9.38 Å². The van der Waals surface area contributed by atoms with E-state index in [1.54, 1.807) is 14.2 Å². The molecule has 5 nitrogen and oxygen atoms in total. The lowest BCUT2D eigenvalue weighted by Gasteiger charge is -2.03. The van der Waals surface area contributed by atoms with Crippen LogP contribution >= 0.6 is 0 Å². The number of hydrogen-bond donors (Lipinski definition) is 1. The zero-order valence-electron chi connectivity index (χ0n) is 11.3. The molecule has 0 bridgehead atoms. The molecule has 1 aromatic carbocycles. The summed E-state index contributed by atoms with van der Waals surface area (Å²) in [5.74, 6) is 2.03. The number of aromatic nitrogens is 2. The van der Waals surface area contributed by atoms with Crippen LogP contribution in [0.3, 0.4) is 0 Å². The molecule has 0 saturated carbocycles. The fourth-order valence-electron chi connectivity index (χ4n) is 2.20. The molecule has 2 aromatic heterocycles. The van der Waals surface area contributed by atoms with Gasteiger partial charge < -0.3 is 15.2 Å². The number of rotatable bonds is 3. The summed E-state index contributed by atoms with van der Waals surface area (Å²) < 4.78 is 12.4. The normalized spacial score (nSPS) is 10.7. The SMILES string of the molecule is COc1cccc(-c2nc3c(OC)cccn3c2N)c1. The molecule has 2 heterocycles. The van der Waals surface area contributed by atoms with Crippen LogP contribution in [0, 0.1) is 0 Å². The van der Waals surface area contributed by atoms with Crippen molar-refractivity contribution in [3.05, 3.63) is 42.6 Å². The summed E-state index contributed by atoms with van der Waals surface area (Å²) in [6.07, 6.45) is 1.86. The Morgan fingerprint density at radius 2 is 1.95 bits per heavy atom. The van der Waals surface area contributed by atoms with E-state index in [-0.39, 0.29) is 0 Å². The standard InChI is InChI=1S/C15H15N3O2/c1-19-11-6-3-5-10(9-11)13-14(16)18-8-4-7-12(20-2)15(18)17-13/h3-9H,16H2,1-2H3. The highest BCUT2D eigenvalue weighted by Crippen LogP contribution is 2.31. The van der Waals surface area contributed by atoms with E-state index in [9.17, 15) is 0 Å². The maximum Gasteiger partial charge on any atom is 0.181 e. The van der Waals surface area contributed by atoms with Gasteiger partial charge in [0.1, 0.15) is 17.3 Å². The van der Waals surface area contributed by atoms with E-state index in [1.807, 2.05) is 47.0 Å². The van der Waals surface area contributed by atoms with Crippen LogP contribution < -0.4 is 15.2 Å². The van der Waals surface area contributed by atoms with Crippen LogP contribution in [-0.2, 0) is 0 Å². The van der Waals surface area contributed by atoms with Crippen LogP contribution in [-0.4, -0.2) is 23.6 Å². The third kappa shape index (κ3) is 1.84. The van der Waals surface area contributed by atoms with Crippen LogP contribution in [0.5, 0.6) is 11.5 Å². The van der Waals surface area contributed by atoms with Crippen molar-refractivity contribution in [3.63, 3.8) is 0 Å². The van der Waals surface area contributed by atoms with Gasteiger partial charge in [0.2, 0.25) is 0 Å². The number of nitrogen functional groups attached to an aromatic ring is 1. The molecule has 0 amide bonds. The number of benzene rings is 1. The van der Waals surface area contributed by atoms with E-state index >= 15 is 0 Å². The molecular weight excluding hydrogens is 254 g/mol. The average Bonchev–Trinajstić information content (AvgIpc) is 2.84. The first-order valence-corrected chi connectivity index (χ1v) is 6.19. The first-order valence-electron chi connectivity index (χ1n) is 6.19. The van der Waals surface area contributed by atoms with Gasteiger partial charge in [-0.3, -0.25) is 4.40 Å². The van der Waals surface area contributed by atoms with Gasteiger partial charge in [0.15, 0.2) is 11.4 Å². The molecule has 3 aromatic rings. The maximum atomic E-state index is 6.19. The van der Waals surface area contributed by atoms with Crippen molar-refractivity contribution in [3.8, 4) is 22.8 Å². The molecule has 0 saturated heterocycles. The van der Waals surface area contributed by atoms with Gasteiger partial charge >= 0.3 is 0 Å². The molecule has 0 atom stereocenters. The molecule has 2 N–H and O–H groups in total. The lowest BCUT2D eigenvalue weighted by Crippen LogP contribution is -1.95. The Labute approximate surface area is 116 Å². The molecule has 102 valence electrons. The second kappa shape index (κ2) is 4.77. The van der Waals surface area contributed by atoms with Gasteiger partial charge in [-0.2, -0.15) is 0 Å². The number of hydrogen-bond acceptors (Lipinski definition) is 4. The molecule has 0 aliphatic rings. The van der Waals surface area contributed by atoms with E-state index in [2.05, 4.69) is 4.98 Å². The summed E-state index contributed by atoms with van der Waals surface area (Å²) in [6, 6.07) is 11.4. The highest BCUT2D eigenvalue weighted by molar-refractivity contribution is 5.77. The van der Waals surface area contributed by atoms with Crippen molar-refractivity contribution in [2.75, 3.05) is 20.0 Å². The minimum Gasteiger partial charge on any atom is -0.497 e. The highest BCUT2D eigenvalue weighted by atomic mass is 16.5. The average molecular weight is 269 g/mol. The van der Waals surface area contributed by atoms with Gasteiger partial charge in [-0.15, -0.1) is 0 Å². The molecule has 0 radical (unpaired) electrons. The predicted molar refractivity (Wildman–Crippen MR) is 78.1 cm³/mol. The quantitative estimate of drug-likeness (QED) is 0.794. The molecule has 20 heavy (non-hydrogen) atoms. The number of imidazole rings is 1. The summed E-state index contributed by atoms with van der Waals surface area (Å²) in [7, 11) is 3.25. The van der Waals surface area contributed by atoms with Gasteiger partial charge in [-0.05, 0) is 24.3 Å². The Balaban J connectivity index is 2.23. The number of ether oxygens (including phenoxy) is 2. The third-order valence-electron chi connectivity index (χ3n) is 3.21. The molecule has 3 rings (SSSR count). The number of nitrogens with zero attached hydrogens (tertiary/aromatic N) is 2. The fraction of sp³-hybridized carbons (Fsp3) is 0.133. The van der Waals surface area contributed by atoms with Crippen molar-refractivity contribution >= 4 is 11.5 Å². The summed E-state index contributed by atoms with van der Waals surface area (Å²) in [5, 5.41) is 0. The van der Waals surface area contributed by atoms with E-state index in [0.29, 0.717) is 22.9 Å². The van der Waals surface area contributed by atoms with Crippen molar-refractivity contribution in [2.24, 2.45) is 0 Å². The van der Waals surface area contributed by atoms with Crippen molar-refractivity contribution < 1.29 is 9.47 Å². The minimum absolute atomic E-state index is 0.576. The zero-order valence-corrected chi connectivity index (χ0v) is 11.3. The summed E-state index contributed by atoms with van der Waals surface area (Å²) >= 11 is 0. The Bertz CT molecular complexity index is 765. The molecule has 0 fully saturated rings. The second-order valence-corrected chi connectivity index (χ2v) is 4.35. The molecule has 0 unspecified atom stereocenters. The van der Waals surface area contributed by atoms with Crippen LogP contribution in [0.1, 0.15) is 0 Å². The van der Waals surface area contributed by atoms with E-state index in [1.165, 1.54) is 0 Å². The van der Waals surface area contributed by atoms with Gasteiger partial charge in [-0.25, -0.2) is 4.98 Å². The van der Waals surface area contributed by atoms with Crippen LogP contribution in [0.4, 0.5) is 5.82 Å². The fourth-order valence-corrected chi connectivity index (χ4v) is 2.20. The minimum atomic E-state index is 0.576. The first-order chi connectivity index (χ1) is 9.74. The lowest BCUT2D eigenvalue weighted by atomic mass is 10.1. The Hall–Kier alpha value is -2.69. The van der Waals surface area contributed by atoms with Crippen molar-refractivity contribution in [1.29, 1.82) is 0 Å². The van der Waals surface area contributed by atoms with E-state index in [0.717, 1.165) is 11.3 Å². The zero-order chi connectivity index (χ0) is 14.1. The molecule has 5 heteroatoms. The predicted octanol–water partition coefficient (Wildman–Crippen LogP) is 2.60. The summed E-state index contributed by atoms with van der Waals surface area (Å²) in [5.41, 5.74) is 8.52. The van der Waals surface area contributed by atoms with Crippen molar-refractivity contribution in [2.45, 2.75) is 0 Å². The van der Waals surface area contributed by atoms with Crippen LogP contribution in [0.15, 0.2) is 42.6 Å². The Morgan fingerprint density at radius 1 is 1.10 bits per heavy atom. The van der Waals surface area contributed by atoms with E-state index in [4.69, 9.17) is 15.2 Å². The Kier molecular flexibility index (Phi) is 2.95. The number of methoxy groups -OCH3 is 2. The highest BCUT2D eigenvalue weighted by Gasteiger charge is 2.14. The lowest BCUT2D eigenvalue weighted by molar-refractivity contribution is 0.415. The number of pyridine rings is 1. The Morgan fingerprint density at radius 3 is 2.70 bits per heavy atom. The number of fused-ring (bicyclic) bond motifs is 1. The van der Waals surface area contributed by atoms with Gasteiger partial charge in [0.05, 0.1) is 14.2 Å². The largest absolute Gasteiger partial charge is 0.497 e. The van der Waals surface area contributed by atoms with Gasteiger partial charge in [0.25, 0.3) is 0 Å². The molecule has 0 spiro atoms. The summed E-state index contributed by atoms with van der Waals surface area (Å²) in [6.45, 7) is 0. The smallest absolute Gasteiger partial charge is 0.181 e. The van der Waals surface area contributed by atoms with Crippen LogP contribution in [0.25, 0.3) is 16.9 Å². The second-order valence-electron chi connectivity index (χ2n) is 4.35.